The van der Waals surface area contributed by atoms with Crippen LogP contribution < -0.4 is 11.1 Å². The first-order chi connectivity index (χ1) is 14.1. The van der Waals surface area contributed by atoms with Crippen molar-refractivity contribution in [1.82, 2.24) is 19.7 Å². The highest BCUT2D eigenvalue weighted by Gasteiger charge is 2.34. The molecule has 8 nitrogen and oxygen atoms in total. The average Bonchev–Trinajstić information content (AvgIpc) is 3.11. The number of hydrogen-bond donors (Lipinski definition) is 2. The second-order valence-corrected chi connectivity index (χ2v) is 7.52. The summed E-state index contributed by atoms with van der Waals surface area (Å²) in [5.41, 5.74) is 4.74. The maximum atomic E-state index is 12.7. The molecule has 1 saturated carbocycles. The third-order valence-electron chi connectivity index (χ3n) is 5.34. The van der Waals surface area contributed by atoms with Crippen LogP contribution >= 0.6 is 0 Å². The number of carbonyl (C=O) groups excluding carboxylic acids is 1. The van der Waals surface area contributed by atoms with E-state index in [1.807, 2.05) is 14.1 Å². The number of nitrogens with one attached hydrogen (secondary N) is 1. The first-order valence-corrected chi connectivity index (χ1v) is 9.35. The lowest BCUT2D eigenvalue weighted by molar-refractivity contribution is -0.141. The normalized spacial score (nSPS) is 22.0. The van der Waals surface area contributed by atoms with Crippen LogP contribution in [0.15, 0.2) is 24.5 Å². The third kappa shape index (κ3) is 4.54. The van der Waals surface area contributed by atoms with Gasteiger partial charge in [0.25, 0.3) is 5.91 Å². The summed E-state index contributed by atoms with van der Waals surface area (Å²) in [6.45, 7) is 0. The number of rotatable bonds is 5. The van der Waals surface area contributed by atoms with E-state index in [1.54, 1.807) is 4.68 Å². The Labute approximate surface area is 171 Å². The Morgan fingerprint density at radius 3 is 2.63 bits per heavy atom. The molecule has 0 radical (unpaired) electrons. The van der Waals surface area contributed by atoms with E-state index in [4.69, 9.17) is 5.73 Å². The van der Waals surface area contributed by atoms with Crippen LogP contribution in [0.4, 0.5) is 24.7 Å². The lowest BCUT2D eigenvalue weighted by Crippen LogP contribution is -2.37. The van der Waals surface area contributed by atoms with E-state index >= 15 is 0 Å². The number of nitrogens with zero attached hydrogens (tertiary/aromatic N) is 5. The SMILES string of the molecule is CN(C)[C@@H]1CC[C@H](n2cc(C(N)=O)c(Nc3ccc(C(F)(F)F)nc3)n2)C(C#N)C1. The van der Waals surface area contributed by atoms with Crippen molar-refractivity contribution in [2.24, 2.45) is 11.7 Å². The van der Waals surface area contributed by atoms with Crippen LogP contribution in [0.1, 0.15) is 41.4 Å². The smallest absolute Gasteiger partial charge is 0.365 e. The summed E-state index contributed by atoms with van der Waals surface area (Å²) in [6, 6.07) is 4.40. The van der Waals surface area contributed by atoms with Gasteiger partial charge in [0, 0.05) is 12.2 Å². The van der Waals surface area contributed by atoms with E-state index in [-0.39, 0.29) is 35.1 Å². The van der Waals surface area contributed by atoms with Crippen molar-refractivity contribution in [2.75, 3.05) is 19.4 Å². The molecule has 1 amide bonds. The van der Waals surface area contributed by atoms with Crippen molar-refractivity contribution >= 4 is 17.4 Å². The van der Waals surface area contributed by atoms with Gasteiger partial charge >= 0.3 is 6.18 Å². The van der Waals surface area contributed by atoms with Gasteiger partial charge in [-0.25, -0.2) is 4.98 Å². The maximum absolute atomic E-state index is 12.7. The van der Waals surface area contributed by atoms with Gasteiger partial charge in [-0.3, -0.25) is 9.48 Å². The fraction of sp³-hybridized carbons (Fsp3) is 0.474. The maximum Gasteiger partial charge on any atom is 0.433 e. The van der Waals surface area contributed by atoms with E-state index in [9.17, 15) is 23.2 Å². The molecule has 2 heterocycles. The molecule has 30 heavy (non-hydrogen) atoms. The van der Waals surface area contributed by atoms with E-state index in [2.05, 4.69) is 26.4 Å². The molecule has 2 aromatic rings. The molecule has 3 atom stereocenters. The van der Waals surface area contributed by atoms with Crippen molar-refractivity contribution in [3.63, 3.8) is 0 Å². The van der Waals surface area contributed by atoms with Gasteiger partial charge < -0.3 is 16.0 Å². The summed E-state index contributed by atoms with van der Waals surface area (Å²) in [6.07, 6.45) is 0.178. The molecule has 2 aromatic heterocycles. The predicted molar refractivity (Wildman–Crippen MR) is 103 cm³/mol. The quantitative estimate of drug-likeness (QED) is 0.768. The number of hydrogen-bond acceptors (Lipinski definition) is 6. The standard InChI is InChI=1S/C19H22F3N7O/c1-28(2)13-4-5-15(11(7-13)8-23)29-10-14(17(24)30)18(27-29)26-12-3-6-16(25-9-12)19(20,21)22/h3,6,9-11,13,15H,4-5,7H2,1-2H3,(H2,24,30)(H,26,27)/t11?,13-,15+/m1/s1. The number of nitrogens with two attached hydrogens (primary N) is 1. The van der Waals surface area contributed by atoms with E-state index in [0.29, 0.717) is 12.8 Å². The van der Waals surface area contributed by atoms with Crippen molar-refractivity contribution in [3.05, 3.63) is 35.8 Å². The van der Waals surface area contributed by atoms with Crippen LogP contribution in [-0.4, -0.2) is 45.7 Å². The van der Waals surface area contributed by atoms with Gasteiger partial charge in [0.2, 0.25) is 0 Å². The van der Waals surface area contributed by atoms with Gasteiger partial charge in [0.1, 0.15) is 11.3 Å². The van der Waals surface area contributed by atoms with Crippen LogP contribution in [0.3, 0.4) is 0 Å². The molecule has 11 heteroatoms. The zero-order valence-electron chi connectivity index (χ0n) is 16.5. The molecule has 0 spiro atoms. The minimum absolute atomic E-state index is 0.0846. The molecular formula is C19H22F3N7O. The van der Waals surface area contributed by atoms with Crippen molar-refractivity contribution in [1.29, 1.82) is 5.26 Å². The second-order valence-electron chi connectivity index (χ2n) is 7.52. The Balaban J connectivity index is 1.85. The summed E-state index contributed by atoms with van der Waals surface area (Å²) in [7, 11) is 3.94. The molecule has 160 valence electrons. The molecule has 1 unspecified atom stereocenters. The first kappa shape index (κ1) is 21.6. The second kappa shape index (κ2) is 8.31. The van der Waals surface area contributed by atoms with E-state index < -0.39 is 17.8 Å². The van der Waals surface area contributed by atoms with Gasteiger partial charge in [-0.05, 0) is 45.5 Å². The van der Waals surface area contributed by atoms with Crippen molar-refractivity contribution in [3.8, 4) is 6.07 Å². The Hall–Kier alpha value is -3.13. The number of primary amides is 1. The highest BCUT2D eigenvalue weighted by molar-refractivity contribution is 5.98. The van der Waals surface area contributed by atoms with Crippen LogP contribution in [0.5, 0.6) is 0 Å². The van der Waals surface area contributed by atoms with Gasteiger partial charge in [0.15, 0.2) is 5.82 Å². The third-order valence-corrected chi connectivity index (χ3v) is 5.34. The van der Waals surface area contributed by atoms with Crippen LogP contribution in [-0.2, 0) is 6.18 Å². The molecular weight excluding hydrogens is 399 g/mol. The number of amides is 1. The molecule has 0 bridgehead atoms. The van der Waals surface area contributed by atoms with Gasteiger partial charge in [-0.15, -0.1) is 0 Å². The topological polar surface area (TPSA) is 113 Å². The molecule has 3 rings (SSSR count). The highest BCUT2D eigenvalue weighted by atomic mass is 19.4. The van der Waals surface area contributed by atoms with Gasteiger partial charge in [0.05, 0.1) is 29.9 Å². The number of halogens is 3. The fourth-order valence-electron chi connectivity index (χ4n) is 3.66. The highest BCUT2D eigenvalue weighted by Crippen LogP contribution is 2.36. The Morgan fingerprint density at radius 1 is 1.37 bits per heavy atom. The molecule has 0 aliphatic heterocycles. The molecule has 0 saturated heterocycles. The Kier molecular flexibility index (Phi) is 5.98. The number of carbonyl (C=O) groups is 1. The molecule has 1 fully saturated rings. The minimum Gasteiger partial charge on any atom is -0.365 e. The molecule has 0 aromatic carbocycles. The zero-order valence-corrected chi connectivity index (χ0v) is 16.5. The summed E-state index contributed by atoms with van der Waals surface area (Å²) in [5.74, 6) is -0.929. The molecule has 1 aliphatic rings. The zero-order chi connectivity index (χ0) is 22.1. The summed E-state index contributed by atoms with van der Waals surface area (Å²) < 4.78 is 39.6. The minimum atomic E-state index is -4.55. The number of nitriles is 1. The van der Waals surface area contributed by atoms with Crippen molar-refractivity contribution < 1.29 is 18.0 Å². The average molecular weight is 421 g/mol. The predicted octanol–water partition coefficient (Wildman–Crippen LogP) is 2.93. The number of anilines is 2. The molecule has 1 aliphatic carbocycles. The largest absolute Gasteiger partial charge is 0.433 e. The molecule has 3 N–H and O–H groups in total. The monoisotopic (exact) mass is 421 g/mol. The van der Waals surface area contributed by atoms with Crippen LogP contribution in [0, 0.1) is 17.2 Å². The van der Waals surface area contributed by atoms with E-state index in [1.165, 1.54) is 12.3 Å². The Bertz CT molecular complexity index is 947. The number of aromatic nitrogens is 3. The summed E-state index contributed by atoms with van der Waals surface area (Å²) in [5, 5.41) is 16.8. The van der Waals surface area contributed by atoms with Crippen LogP contribution in [0.25, 0.3) is 0 Å². The van der Waals surface area contributed by atoms with Gasteiger partial charge in [-0.2, -0.15) is 23.5 Å². The lowest BCUT2D eigenvalue weighted by Gasteiger charge is -2.35. The fourth-order valence-corrected chi connectivity index (χ4v) is 3.66. The summed E-state index contributed by atoms with van der Waals surface area (Å²) >= 11 is 0. The van der Waals surface area contributed by atoms with Gasteiger partial charge in [-0.1, -0.05) is 0 Å². The number of pyridine rings is 1. The number of alkyl halides is 3. The van der Waals surface area contributed by atoms with Crippen molar-refractivity contribution in [2.45, 2.75) is 37.5 Å². The first-order valence-electron chi connectivity index (χ1n) is 9.35. The lowest BCUT2D eigenvalue weighted by atomic mass is 9.82. The summed E-state index contributed by atoms with van der Waals surface area (Å²) in [4.78, 5) is 17.3. The van der Waals surface area contributed by atoms with Crippen LogP contribution in [0.2, 0.25) is 0 Å². The van der Waals surface area contributed by atoms with E-state index in [0.717, 1.165) is 18.7 Å². The Morgan fingerprint density at radius 2 is 2.10 bits per heavy atom.